The maximum absolute atomic E-state index is 10.9. The minimum atomic E-state index is -0.574. The number of hydrogen-bond donors (Lipinski definition) is 1. The SMILES string of the molecule is CN1CCN(c2ccncc2N)CC1.CN1CCN(c2ccncc2[N+](=O)[O-])CC1.O=[N+]([O-])c1cnccc1Cl. The molecule has 0 aliphatic carbocycles. The molecule has 2 aliphatic rings. The third-order valence-electron chi connectivity index (χ3n) is 6.44. The lowest BCUT2D eigenvalue weighted by Crippen LogP contribution is -2.44. The maximum atomic E-state index is 10.9. The van der Waals surface area contributed by atoms with Crippen molar-refractivity contribution in [2.45, 2.75) is 0 Å². The molecule has 0 unspecified atom stereocenters. The van der Waals surface area contributed by atoms with Crippen LogP contribution in [0.2, 0.25) is 5.02 Å². The monoisotopic (exact) mass is 572 g/mol. The highest BCUT2D eigenvalue weighted by Crippen LogP contribution is 2.27. The van der Waals surface area contributed by atoms with E-state index in [1.807, 2.05) is 11.0 Å². The number of likely N-dealkylation sites (N-methyl/N-ethyl adjacent to an activating group) is 2. The molecule has 0 bridgehead atoms. The molecule has 0 atom stereocenters. The van der Waals surface area contributed by atoms with E-state index in [-0.39, 0.29) is 21.3 Å². The fourth-order valence-corrected chi connectivity index (χ4v) is 4.25. The first-order valence-electron chi connectivity index (χ1n) is 12.6. The van der Waals surface area contributed by atoms with Gasteiger partial charge in [-0.2, -0.15) is 0 Å². The van der Waals surface area contributed by atoms with Crippen molar-refractivity contribution in [3.05, 3.63) is 80.6 Å². The number of nitrogen functional groups attached to an aromatic ring is 1. The number of halogens is 1. The van der Waals surface area contributed by atoms with Crippen LogP contribution in [0, 0.1) is 20.2 Å². The molecular weight excluding hydrogens is 540 g/mol. The zero-order valence-electron chi connectivity index (χ0n) is 22.5. The summed E-state index contributed by atoms with van der Waals surface area (Å²) in [5.74, 6) is 0. The van der Waals surface area contributed by atoms with Crippen LogP contribution >= 0.6 is 11.6 Å². The summed E-state index contributed by atoms with van der Waals surface area (Å²) in [7, 11) is 4.20. The molecule has 0 amide bonds. The minimum Gasteiger partial charge on any atom is -0.396 e. The van der Waals surface area contributed by atoms with Crippen LogP contribution in [-0.2, 0) is 0 Å². The molecule has 3 aromatic heterocycles. The van der Waals surface area contributed by atoms with Crippen LogP contribution in [0.25, 0.3) is 0 Å². The summed E-state index contributed by atoms with van der Waals surface area (Å²) in [6.45, 7) is 7.79. The van der Waals surface area contributed by atoms with Crippen LogP contribution < -0.4 is 15.5 Å². The van der Waals surface area contributed by atoms with Gasteiger partial charge < -0.3 is 25.3 Å². The summed E-state index contributed by atoms with van der Waals surface area (Å²) < 4.78 is 0. The van der Waals surface area contributed by atoms with Gasteiger partial charge in [0, 0.05) is 70.9 Å². The smallest absolute Gasteiger partial charge is 0.310 e. The Kier molecular flexibility index (Phi) is 11.3. The van der Waals surface area contributed by atoms with Gasteiger partial charge in [-0.05, 0) is 32.3 Å². The Labute approximate surface area is 237 Å². The van der Waals surface area contributed by atoms with Crippen molar-refractivity contribution in [1.82, 2.24) is 24.8 Å². The molecule has 2 N–H and O–H groups in total. The van der Waals surface area contributed by atoms with Crippen molar-refractivity contribution < 1.29 is 9.85 Å². The van der Waals surface area contributed by atoms with Crippen LogP contribution in [0.4, 0.5) is 28.4 Å². The fourth-order valence-electron chi connectivity index (χ4n) is 4.07. The quantitative estimate of drug-likeness (QED) is 0.359. The highest BCUT2D eigenvalue weighted by atomic mass is 35.5. The van der Waals surface area contributed by atoms with Crippen LogP contribution in [0.15, 0.2) is 55.4 Å². The van der Waals surface area contributed by atoms with Crippen LogP contribution in [0.1, 0.15) is 0 Å². The van der Waals surface area contributed by atoms with Crippen molar-refractivity contribution in [1.29, 1.82) is 0 Å². The lowest BCUT2D eigenvalue weighted by molar-refractivity contribution is -0.385. The van der Waals surface area contributed by atoms with Crippen molar-refractivity contribution in [2.24, 2.45) is 0 Å². The van der Waals surface area contributed by atoms with Gasteiger partial charge >= 0.3 is 11.4 Å². The number of hydrogen-bond acceptors (Lipinski definition) is 12. The summed E-state index contributed by atoms with van der Waals surface area (Å²) in [5.41, 5.74) is 8.36. The second-order valence-electron chi connectivity index (χ2n) is 9.22. The lowest BCUT2D eigenvalue weighted by Gasteiger charge is -2.34. The number of nitro groups is 2. The predicted octanol–water partition coefficient (Wildman–Crippen LogP) is 2.80. The summed E-state index contributed by atoms with van der Waals surface area (Å²) in [4.78, 5) is 40.2. The fraction of sp³-hybridized carbons (Fsp3) is 0.400. The zero-order chi connectivity index (χ0) is 29.1. The maximum Gasteiger partial charge on any atom is 0.310 e. The van der Waals surface area contributed by atoms with Crippen molar-refractivity contribution in [3.8, 4) is 0 Å². The Morgan fingerprint density at radius 2 is 1.12 bits per heavy atom. The van der Waals surface area contributed by atoms with Gasteiger partial charge in [0.05, 0.1) is 27.4 Å². The molecule has 0 radical (unpaired) electrons. The van der Waals surface area contributed by atoms with E-state index < -0.39 is 4.92 Å². The van der Waals surface area contributed by atoms with E-state index in [1.165, 1.54) is 18.5 Å². The van der Waals surface area contributed by atoms with Crippen LogP contribution in [0.5, 0.6) is 0 Å². The standard InChI is InChI=1S/C10H14N4O2.C10H16N4.C5H3ClN2O2/c1-12-4-6-13(7-5-12)9-2-3-11-8-10(9)14(15)16;1-13-4-6-14(7-5-13)10-2-3-12-8-9(10)11;6-4-1-2-7-3-5(4)8(9)10/h2-3,8H,4-7H2,1H3;2-3,8H,4-7,11H2,1H3;1-3H. The average molecular weight is 573 g/mol. The lowest BCUT2D eigenvalue weighted by atomic mass is 10.2. The van der Waals surface area contributed by atoms with Gasteiger partial charge in [-0.1, -0.05) is 11.6 Å². The van der Waals surface area contributed by atoms with Crippen molar-refractivity contribution >= 4 is 40.0 Å². The van der Waals surface area contributed by atoms with E-state index in [1.54, 1.807) is 24.7 Å². The molecule has 0 spiro atoms. The molecule has 5 rings (SSSR count). The first-order chi connectivity index (χ1) is 19.2. The van der Waals surface area contributed by atoms with Gasteiger partial charge in [0.25, 0.3) is 0 Å². The Morgan fingerprint density at radius 3 is 1.57 bits per heavy atom. The first-order valence-corrected chi connectivity index (χ1v) is 12.9. The van der Waals surface area contributed by atoms with Gasteiger partial charge in [-0.25, -0.2) is 0 Å². The molecule has 0 saturated carbocycles. The van der Waals surface area contributed by atoms with Gasteiger partial charge in [0.1, 0.15) is 23.1 Å². The van der Waals surface area contributed by atoms with E-state index in [0.717, 1.165) is 69.9 Å². The van der Waals surface area contributed by atoms with E-state index in [4.69, 9.17) is 17.3 Å². The Bertz CT molecular complexity index is 1270. The zero-order valence-corrected chi connectivity index (χ0v) is 23.2. The van der Waals surface area contributed by atoms with Gasteiger partial charge in [-0.3, -0.25) is 35.2 Å². The largest absolute Gasteiger partial charge is 0.396 e. The van der Waals surface area contributed by atoms with Gasteiger partial charge in [0.15, 0.2) is 0 Å². The average Bonchev–Trinajstić information content (AvgIpc) is 2.95. The number of nitrogens with zero attached hydrogens (tertiary/aromatic N) is 9. The van der Waals surface area contributed by atoms with Crippen LogP contribution in [0.3, 0.4) is 0 Å². The number of rotatable bonds is 4. The molecule has 2 aliphatic heterocycles. The van der Waals surface area contributed by atoms with E-state index >= 15 is 0 Å². The topological polar surface area (TPSA) is 164 Å². The first kappa shape index (κ1) is 30.4. The minimum absolute atomic E-state index is 0.0899. The molecule has 5 heterocycles. The van der Waals surface area contributed by atoms with E-state index in [9.17, 15) is 20.2 Å². The Morgan fingerprint density at radius 1 is 0.700 bits per heavy atom. The predicted molar refractivity (Wildman–Crippen MR) is 155 cm³/mol. The van der Waals surface area contributed by atoms with Gasteiger partial charge in [-0.15, -0.1) is 0 Å². The number of anilines is 3. The number of piperazine rings is 2. The Hall–Kier alpha value is -4.14. The molecular formula is C25H33ClN10O4. The van der Waals surface area contributed by atoms with E-state index in [0.29, 0.717) is 5.69 Å². The third kappa shape index (κ3) is 8.69. The van der Waals surface area contributed by atoms with Gasteiger partial charge in [0.2, 0.25) is 0 Å². The molecule has 2 saturated heterocycles. The molecule has 214 valence electrons. The summed E-state index contributed by atoms with van der Waals surface area (Å²) in [5, 5.41) is 21.1. The molecule has 0 aromatic carbocycles. The normalized spacial score (nSPS) is 15.8. The highest BCUT2D eigenvalue weighted by molar-refractivity contribution is 6.32. The second-order valence-corrected chi connectivity index (χ2v) is 9.63. The molecule has 15 heteroatoms. The number of aromatic nitrogens is 3. The van der Waals surface area contributed by atoms with Crippen LogP contribution in [-0.4, -0.2) is 101 Å². The van der Waals surface area contributed by atoms with E-state index in [2.05, 4.69) is 43.7 Å². The summed E-state index contributed by atoms with van der Waals surface area (Å²) >= 11 is 5.44. The van der Waals surface area contributed by atoms with Crippen molar-refractivity contribution in [2.75, 3.05) is 82.0 Å². The molecule has 14 nitrogen and oxygen atoms in total. The number of nitrogens with two attached hydrogens (primary N) is 1. The second kappa shape index (κ2) is 14.9. The molecule has 40 heavy (non-hydrogen) atoms. The number of pyridine rings is 3. The summed E-state index contributed by atoms with van der Waals surface area (Å²) in [6, 6.07) is 5.07. The molecule has 2 fully saturated rings. The highest BCUT2D eigenvalue weighted by Gasteiger charge is 2.22. The Balaban J connectivity index is 0.000000170. The summed E-state index contributed by atoms with van der Waals surface area (Å²) in [6.07, 6.45) is 8.93. The van der Waals surface area contributed by atoms with Crippen molar-refractivity contribution in [3.63, 3.8) is 0 Å². The third-order valence-corrected chi connectivity index (χ3v) is 6.75. The molecule has 3 aromatic rings.